The molecule has 0 aliphatic heterocycles. The Morgan fingerprint density at radius 1 is 1.06 bits per heavy atom. The van der Waals surface area contributed by atoms with Gasteiger partial charge in [0.2, 0.25) is 0 Å². The van der Waals surface area contributed by atoms with Gasteiger partial charge in [0.15, 0.2) is 0 Å². The van der Waals surface area contributed by atoms with Gasteiger partial charge >= 0.3 is 0 Å². The van der Waals surface area contributed by atoms with E-state index in [4.69, 9.17) is 0 Å². The number of fused-ring (bicyclic) bond motifs is 1. The van der Waals surface area contributed by atoms with Gasteiger partial charge in [-0.05, 0) is 42.9 Å². The molecule has 16 heavy (non-hydrogen) atoms. The van der Waals surface area contributed by atoms with Crippen molar-refractivity contribution in [1.82, 2.24) is 5.32 Å². The average Bonchev–Trinajstić information content (AvgIpc) is 2.64. The van der Waals surface area contributed by atoms with Gasteiger partial charge < -0.3 is 5.32 Å². The summed E-state index contributed by atoms with van der Waals surface area (Å²) in [5.74, 6) is 1.04. The maximum absolute atomic E-state index is 3.73. The summed E-state index contributed by atoms with van der Waals surface area (Å²) in [6.07, 6.45) is 8.30. The Hall–Kier alpha value is -0.820. The summed E-state index contributed by atoms with van der Waals surface area (Å²) in [5.41, 5.74) is 3.12. The minimum absolute atomic E-state index is 0.706. The zero-order chi connectivity index (χ0) is 10.8. The summed E-state index contributed by atoms with van der Waals surface area (Å²) < 4.78 is 0. The number of benzene rings is 1. The summed E-state index contributed by atoms with van der Waals surface area (Å²) >= 11 is 0. The molecule has 1 nitrogen and oxygen atoms in total. The molecule has 0 bridgehead atoms. The van der Waals surface area contributed by atoms with E-state index < -0.39 is 0 Å². The zero-order valence-electron chi connectivity index (χ0n) is 9.91. The van der Waals surface area contributed by atoms with Crippen molar-refractivity contribution in [3.8, 4) is 0 Å². The third-order valence-corrected chi connectivity index (χ3v) is 4.26. The van der Waals surface area contributed by atoms with Crippen molar-refractivity contribution < 1.29 is 0 Å². The molecule has 0 saturated heterocycles. The Kier molecular flexibility index (Phi) is 2.96. The Balaban J connectivity index is 1.45. The van der Waals surface area contributed by atoms with Crippen LogP contribution >= 0.6 is 0 Å². The van der Waals surface area contributed by atoms with Gasteiger partial charge in [0, 0.05) is 6.04 Å². The SMILES string of the molecule is c1ccc2c(c1)CC(NCCC1CCC1)C2. The van der Waals surface area contributed by atoms with Crippen LogP contribution in [0.1, 0.15) is 36.8 Å². The molecule has 0 heterocycles. The maximum Gasteiger partial charge on any atom is 0.0148 e. The smallest absolute Gasteiger partial charge is 0.0148 e. The molecule has 0 aromatic heterocycles. The molecule has 1 aromatic carbocycles. The summed E-state index contributed by atoms with van der Waals surface area (Å²) in [6.45, 7) is 1.23. The number of rotatable bonds is 4. The second-order valence-corrected chi connectivity index (χ2v) is 5.41. The monoisotopic (exact) mass is 215 g/mol. The summed E-state index contributed by atoms with van der Waals surface area (Å²) in [7, 11) is 0. The van der Waals surface area contributed by atoms with Crippen molar-refractivity contribution in [2.45, 2.75) is 44.6 Å². The van der Waals surface area contributed by atoms with Crippen molar-refractivity contribution in [2.24, 2.45) is 5.92 Å². The van der Waals surface area contributed by atoms with Crippen LogP contribution in [0.2, 0.25) is 0 Å². The molecule has 0 unspecified atom stereocenters. The Morgan fingerprint density at radius 3 is 2.31 bits per heavy atom. The predicted octanol–water partition coefficient (Wildman–Crippen LogP) is 2.93. The maximum atomic E-state index is 3.73. The van der Waals surface area contributed by atoms with Crippen LogP contribution in [0.5, 0.6) is 0 Å². The quantitative estimate of drug-likeness (QED) is 0.814. The molecule has 1 heteroatoms. The first-order valence-corrected chi connectivity index (χ1v) is 6.72. The average molecular weight is 215 g/mol. The molecular formula is C15H21N. The van der Waals surface area contributed by atoms with Gasteiger partial charge in [0.1, 0.15) is 0 Å². The largest absolute Gasteiger partial charge is 0.313 e. The van der Waals surface area contributed by atoms with Crippen molar-refractivity contribution in [3.63, 3.8) is 0 Å². The zero-order valence-corrected chi connectivity index (χ0v) is 9.91. The van der Waals surface area contributed by atoms with Crippen LogP contribution in [-0.4, -0.2) is 12.6 Å². The topological polar surface area (TPSA) is 12.0 Å². The molecule has 0 spiro atoms. The van der Waals surface area contributed by atoms with Crippen LogP contribution in [0.4, 0.5) is 0 Å². The van der Waals surface area contributed by atoms with Crippen molar-refractivity contribution >= 4 is 0 Å². The lowest BCUT2D eigenvalue weighted by Gasteiger charge is -2.26. The van der Waals surface area contributed by atoms with Crippen LogP contribution in [0.25, 0.3) is 0 Å². The van der Waals surface area contributed by atoms with Gasteiger partial charge in [-0.2, -0.15) is 0 Å². The van der Waals surface area contributed by atoms with Crippen LogP contribution in [-0.2, 0) is 12.8 Å². The number of nitrogens with one attached hydrogen (secondary N) is 1. The molecular weight excluding hydrogens is 194 g/mol. The molecule has 3 rings (SSSR count). The highest BCUT2D eigenvalue weighted by molar-refractivity contribution is 5.33. The highest BCUT2D eigenvalue weighted by atomic mass is 14.9. The third-order valence-electron chi connectivity index (χ3n) is 4.26. The second-order valence-electron chi connectivity index (χ2n) is 5.41. The lowest BCUT2D eigenvalue weighted by Crippen LogP contribution is -2.32. The van der Waals surface area contributed by atoms with Gasteiger partial charge in [-0.1, -0.05) is 43.5 Å². The highest BCUT2D eigenvalue weighted by Gasteiger charge is 2.21. The van der Waals surface area contributed by atoms with Gasteiger partial charge in [0.25, 0.3) is 0 Å². The standard InChI is InChI=1S/C15H21N/c1-2-7-14-11-15(10-13(14)6-1)16-9-8-12-4-3-5-12/h1-2,6-7,12,15-16H,3-5,8-11H2. The van der Waals surface area contributed by atoms with E-state index in [0.29, 0.717) is 6.04 Å². The molecule has 1 aromatic rings. The lowest BCUT2D eigenvalue weighted by molar-refractivity contribution is 0.287. The Bertz CT molecular complexity index is 329. The van der Waals surface area contributed by atoms with Gasteiger partial charge in [-0.25, -0.2) is 0 Å². The number of hydrogen-bond acceptors (Lipinski definition) is 1. The lowest BCUT2D eigenvalue weighted by atomic mass is 9.83. The third kappa shape index (κ3) is 2.15. The molecule has 0 amide bonds. The van der Waals surface area contributed by atoms with E-state index in [9.17, 15) is 0 Å². The normalized spacial score (nSPS) is 20.8. The van der Waals surface area contributed by atoms with Gasteiger partial charge in [-0.15, -0.1) is 0 Å². The second kappa shape index (κ2) is 4.58. The minimum atomic E-state index is 0.706. The molecule has 2 aliphatic carbocycles. The van der Waals surface area contributed by atoms with E-state index >= 15 is 0 Å². The molecule has 1 saturated carbocycles. The summed E-state index contributed by atoms with van der Waals surface area (Å²) in [4.78, 5) is 0. The summed E-state index contributed by atoms with van der Waals surface area (Å²) in [5, 5.41) is 3.73. The molecule has 1 fully saturated rings. The molecule has 0 atom stereocenters. The first kappa shape index (κ1) is 10.3. The Labute approximate surface area is 98.3 Å². The van der Waals surface area contributed by atoms with E-state index in [1.807, 2.05) is 0 Å². The van der Waals surface area contributed by atoms with Gasteiger partial charge in [-0.3, -0.25) is 0 Å². The fraction of sp³-hybridized carbons (Fsp3) is 0.600. The van der Waals surface area contributed by atoms with Crippen LogP contribution in [0, 0.1) is 5.92 Å². The summed E-state index contributed by atoms with van der Waals surface area (Å²) in [6, 6.07) is 9.59. The van der Waals surface area contributed by atoms with Gasteiger partial charge in [0.05, 0.1) is 0 Å². The van der Waals surface area contributed by atoms with Crippen molar-refractivity contribution in [3.05, 3.63) is 35.4 Å². The fourth-order valence-corrected chi connectivity index (χ4v) is 2.98. The van der Waals surface area contributed by atoms with Crippen LogP contribution in [0.3, 0.4) is 0 Å². The molecule has 0 radical (unpaired) electrons. The van der Waals surface area contributed by atoms with Crippen LogP contribution < -0.4 is 5.32 Å². The van der Waals surface area contributed by atoms with Crippen molar-refractivity contribution in [2.75, 3.05) is 6.54 Å². The first-order valence-electron chi connectivity index (χ1n) is 6.72. The predicted molar refractivity (Wildman–Crippen MR) is 67.6 cm³/mol. The highest BCUT2D eigenvalue weighted by Crippen LogP contribution is 2.29. The number of hydrogen-bond donors (Lipinski definition) is 1. The first-order chi connectivity index (χ1) is 7.92. The molecule has 1 N–H and O–H groups in total. The van der Waals surface area contributed by atoms with Crippen molar-refractivity contribution in [1.29, 1.82) is 0 Å². The van der Waals surface area contributed by atoms with E-state index in [1.54, 1.807) is 11.1 Å². The Morgan fingerprint density at radius 2 is 1.75 bits per heavy atom. The minimum Gasteiger partial charge on any atom is -0.313 e. The fourth-order valence-electron chi connectivity index (χ4n) is 2.98. The van der Waals surface area contributed by atoms with E-state index in [2.05, 4.69) is 29.6 Å². The van der Waals surface area contributed by atoms with Crippen LogP contribution in [0.15, 0.2) is 24.3 Å². The van der Waals surface area contributed by atoms with E-state index in [0.717, 1.165) is 5.92 Å². The van der Waals surface area contributed by atoms with E-state index in [-0.39, 0.29) is 0 Å². The molecule has 86 valence electrons. The molecule has 2 aliphatic rings. The van der Waals surface area contributed by atoms with E-state index in [1.165, 1.54) is 45.1 Å².